The molecule has 0 amide bonds. The van der Waals surface area contributed by atoms with Crippen molar-refractivity contribution in [1.29, 1.82) is 5.41 Å². The molecule has 0 aromatic rings. The summed E-state index contributed by atoms with van der Waals surface area (Å²) in [6.45, 7) is 2.02. The molecule has 0 unspecified atom stereocenters. The van der Waals surface area contributed by atoms with Crippen LogP contribution in [-0.4, -0.2) is 36.4 Å². The average molecular weight is 253 g/mol. The predicted molar refractivity (Wildman–Crippen MR) is 71.3 cm³/mol. The van der Waals surface area contributed by atoms with Crippen LogP contribution in [0.3, 0.4) is 0 Å². The highest BCUT2D eigenvalue weighted by molar-refractivity contribution is 6.17. The second kappa shape index (κ2) is 7.03. The summed E-state index contributed by atoms with van der Waals surface area (Å²) in [5.41, 5.74) is 5.59. The Kier molecular flexibility index (Phi) is 5.68. The average Bonchev–Trinajstić information content (AvgIpc) is 2.40. The highest BCUT2D eigenvalue weighted by Crippen LogP contribution is 2.22. The number of carbonyl (C=O) groups excluding carboxylic acids is 1. The van der Waals surface area contributed by atoms with Crippen LogP contribution in [0.5, 0.6) is 0 Å². The van der Waals surface area contributed by atoms with Gasteiger partial charge in [-0.1, -0.05) is 19.3 Å². The number of hydrogen-bond acceptors (Lipinski definition) is 4. The molecular weight excluding hydrogens is 230 g/mol. The van der Waals surface area contributed by atoms with Crippen LogP contribution in [0.25, 0.3) is 0 Å². The normalized spacial score (nSPS) is 17.3. The zero-order chi connectivity index (χ0) is 13.5. The maximum Gasteiger partial charge on any atom is 0.343 e. The second-order valence-electron chi connectivity index (χ2n) is 4.55. The number of ether oxygens (including phenoxy) is 1. The van der Waals surface area contributed by atoms with E-state index < -0.39 is 5.97 Å². The van der Waals surface area contributed by atoms with Gasteiger partial charge in [-0.05, 0) is 19.8 Å². The van der Waals surface area contributed by atoms with E-state index in [0.29, 0.717) is 6.04 Å². The minimum atomic E-state index is -0.521. The first-order valence-corrected chi connectivity index (χ1v) is 6.52. The topological polar surface area (TPSA) is 79.4 Å². The molecule has 5 heteroatoms. The summed E-state index contributed by atoms with van der Waals surface area (Å²) in [5.74, 6) is -0.365. The number of rotatable bonds is 4. The Hall–Kier alpha value is -1.52. The summed E-state index contributed by atoms with van der Waals surface area (Å²) in [5, 5.41) is 8.07. The molecule has 0 spiro atoms. The third-order valence-corrected chi connectivity index (χ3v) is 3.39. The predicted octanol–water partition coefficient (Wildman–Crippen LogP) is 1.63. The van der Waals surface area contributed by atoms with Crippen LogP contribution in [0.1, 0.15) is 39.0 Å². The fourth-order valence-corrected chi connectivity index (χ4v) is 2.29. The fourth-order valence-electron chi connectivity index (χ4n) is 2.29. The van der Waals surface area contributed by atoms with E-state index >= 15 is 0 Å². The zero-order valence-corrected chi connectivity index (χ0v) is 11.2. The number of amidine groups is 1. The standard InChI is InChI=1S/C13H23N3O2/c1-3-18-13(17)11(9-14)12(15)16(2)10-7-5-4-6-8-10/h9-10,15H,3-8,14H2,1-2H3. The van der Waals surface area contributed by atoms with Crippen molar-refractivity contribution in [2.75, 3.05) is 13.7 Å². The minimum Gasteiger partial charge on any atom is -0.462 e. The Morgan fingerprint density at radius 1 is 1.44 bits per heavy atom. The molecule has 0 saturated heterocycles. The largest absolute Gasteiger partial charge is 0.462 e. The molecule has 0 aliphatic heterocycles. The van der Waals surface area contributed by atoms with Gasteiger partial charge in [-0.2, -0.15) is 0 Å². The number of nitrogens with one attached hydrogen (secondary N) is 1. The Morgan fingerprint density at radius 2 is 2.06 bits per heavy atom. The molecule has 102 valence electrons. The van der Waals surface area contributed by atoms with Gasteiger partial charge in [-0.3, -0.25) is 5.41 Å². The van der Waals surface area contributed by atoms with Gasteiger partial charge < -0.3 is 15.4 Å². The van der Waals surface area contributed by atoms with E-state index in [2.05, 4.69) is 0 Å². The number of hydrogen-bond donors (Lipinski definition) is 2. The Labute approximate surface area is 108 Å². The lowest BCUT2D eigenvalue weighted by atomic mass is 9.94. The van der Waals surface area contributed by atoms with Crippen LogP contribution in [0.15, 0.2) is 11.8 Å². The van der Waals surface area contributed by atoms with Crippen molar-refractivity contribution in [3.63, 3.8) is 0 Å². The SMILES string of the molecule is CCOC(=O)C(=CN)C(=N)N(C)C1CCCCC1. The van der Waals surface area contributed by atoms with Crippen molar-refractivity contribution >= 4 is 11.8 Å². The van der Waals surface area contributed by atoms with Crippen LogP contribution < -0.4 is 5.73 Å². The third-order valence-electron chi connectivity index (χ3n) is 3.39. The number of nitrogens with two attached hydrogens (primary N) is 1. The number of nitrogens with zero attached hydrogens (tertiary/aromatic N) is 1. The molecule has 1 saturated carbocycles. The highest BCUT2D eigenvalue weighted by Gasteiger charge is 2.25. The molecular formula is C13H23N3O2. The van der Waals surface area contributed by atoms with E-state index in [1.54, 1.807) is 6.92 Å². The number of carbonyl (C=O) groups is 1. The maximum absolute atomic E-state index is 11.7. The van der Waals surface area contributed by atoms with Gasteiger partial charge in [0, 0.05) is 19.3 Å². The molecule has 18 heavy (non-hydrogen) atoms. The first-order valence-electron chi connectivity index (χ1n) is 6.52. The van der Waals surface area contributed by atoms with Crippen molar-refractivity contribution in [2.24, 2.45) is 5.73 Å². The molecule has 1 fully saturated rings. The first kappa shape index (κ1) is 14.5. The molecule has 0 atom stereocenters. The molecule has 0 bridgehead atoms. The van der Waals surface area contributed by atoms with Crippen LogP contribution in [-0.2, 0) is 9.53 Å². The minimum absolute atomic E-state index is 0.143. The van der Waals surface area contributed by atoms with Gasteiger partial charge in [-0.15, -0.1) is 0 Å². The fraction of sp³-hybridized carbons (Fsp3) is 0.692. The quantitative estimate of drug-likeness (QED) is 0.345. The lowest BCUT2D eigenvalue weighted by Crippen LogP contribution is -2.40. The molecule has 0 aromatic carbocycles. The van der Waals surface area contributed by atoms with Crippen molar-refractivity contribution < 1.29 is 9.53 Å². The summed E-state index contributed by atoms with van der Waals surface area (Å²) in [6.07, 6.45) is 6.93. The molecule has 1 rings (SSSR count). The van der Waals surface area contributed by atoms with E-state index in [4.69, 9.17) is 15.9 Å². The summed E-state index contributed by atoms with van der Waals surface area (Å²) in [4.78, 5) is 13.5. The van der Waals surface area contributed by atoms with Gasteiger partial charge in [0.25, 0.3) is 0 Å². The summed E-state index contributed by atoms with van der Waals surface area (Å²) < 4.78 is 4.90. The summed E-state index contributed by atoms with van der Waals surface area (Å²) in [6, 6.07) is 0.329. The Balaban J connectivity index is 2.68. The Morgan fingerprint density at radius 3 is 2.56 bits per heavy atom. The van der Waals surface area contributed by atoms with E-state index in [0.717, 1.165) is 12.8 Å². The molecule has 5 nitrogen and oxygen atoms in total. The molecule has 3 N–H and O–H groups in total. The van der Waals surface area contributed by atoms with Gasteiger partial charge in [0.1, 0.15) is 11.4 Å². The lowest BCUT2D eigenvalue weighted by molar-refractivity contribution is -0.137. The number of esters is 1. The molecule has 0 aromatic heterocycles. The summed E-state index contributed by atoms with van der Waals surface area (Å²) in [7, 11) is 1.85. The molecule has 1 aliphatic carbocycles. The van der Waals surface area contributed by atoms with E-state index in [1.165, 1.54) is 25.5 Å². The van der Waals surface area contributed by atoms with Crippen molar-refractivity contribution in [1.82, 2.24) is 4.90 Å². The molecule has 1 aliphatic rings. The van der Waals surface area contributed by atoms with E-state index in [-0.39, 0.29) is 18.0 Å². The van der Waals surface area contributed by atoms with Crippen LogP contribution in [0, 0.1) is 5.41 Å². The van der Waals surface area contributed by atoms with Crippen molar-refractivity contribution in [3.05, 3.63) is 11.8 Å². The van der Waals surface area contributed by atoms with Gasteiger partial charge in [0.05, 0.1) is 6.61 Å². The lowest BCUT2D eigenvalue weighted by Gasteiger charge is -2.33. The van der Waals surface area contributed by atoms with E-state index in [1.807, 2.05) is 11.9 Å². The van der Waals surface area contributed by atoms with E-state index in [9.17, 15) is 4.79 Å². The molecule has 0 radical (unpaired) electrons. The van der Waals surface area contributed by atoms with Gasteiger partial charge in [-0.25, -0.2) is 4.79 Å². The maximum atomic E-state index is 11.7. The van der Waals surface area contributed by atoms with Crippen LogP contribution in [0.4, 0.5) is 0 Å². The third kappa shape index (κ3) is 3.48. The first-order chi connectivity index (χ1) is 8.61. The van der Waals surface area contributed by atoms with Gasteiger partial charge in [0.15, 0.2) is 0 Å². The van der Waals surface area contributed by atoms with Gasteiger partial charge in [0.2, 0.25) is 0 Å². The van der Waals surface area contributed by atoms with Crippen LogP contribution >= 0.6 is 0 Å². The van der Waals surface area contributed by atoms with Gasteiger partial charge >= 0.3 is 5.97 Å². The zero-order valence-electron chi connectivity index (χ0n) is 11.2. The summed E-state index contributed by atoms with van der Waals surface area (Å²) >= 11 is 0. The second-order valence-corrected chi connectivity index (χ2v) is 4.55. The van der Waals surface area contributed by atoms with Crippen LogP contribution in [0.2, 0.25) is 0 Å². The monoisotopic (exact) mass is 253 g/mol. The van der Waals surface area contributed by atoms with Crippen molar-refractivity contribution in [2.45, 2.75) is 45.1 Å². The van der Waals surface area contributed by atoms with Crippen molar-refractivity contribution in [3.8, 4) is 0 Å². The molecule has 0 heterocycles. The number of likely N-dealkylation sites (N-methyl/N-ethyl adjacent to an activating group) is 1. The smallest absolute Gasteiger partial charge is 0.343 e. The highest BCUT2D eigenvalue weighted by atomic mass is 16.5. The Bertz CT molecular complexity index is 333.